The molecule has 1 heterocycles. The highest BCUT2D eigenvalue weighted by molar-refractivity contribution is 5.42. The number of ether oxygens (including phenoxy) is 1. The molecule has 1 atom stereocenters. The summed E-state index contributed by atoms with van der Waals surface area (Å²) >= 11 is 0. The van der Waals surface area contributed by atoms with E-state index in [-0.39, 0.29) is 11.4 Å². The topological polar surface area (TPSA) is 70.8 Å². The second-order valence-corrected chi connectivity index (χ2v) is 5.51. The van der Waals surface area contributed by atoms with E-state index in [4.69, 9.17) is 10.5 Å². The quantitative estimate of drug-likeness (QED) is 0.747. The molecule has 1 aromatic rings. The van der Waals surface area contributed by atoms with Crippen LogP contribution in [-0.4, -0.2) is 48.5 Å². The smallest absolute Gasteiger partial charge is 0.161 e. The summed E-state index contributed by atoms with van der Waals surface area (Å²) in [6, 6.07) is 5.46. The molecule has 0 aromatic heterocycles. The van der Waals surface area contributed by atoms with Crippen molar-refractivity contribution in [2.75, 3.05) is 32.8 Å². The molecule has 112 valence electrons. The minimum Gasteiger partial charge on any atom is -0.504 e. The molecule has 0 spiro atoms. The highest BCUT2D eigenvalue weighted by Gasteiger charge is 2.28. The molecule has 5 nitrogen and oxygen atoms in total. The lowest BCUT2D eigenvalue weighted by molar-refractivity contribution is 0.0931. The summed E-state index contributed by atoms with van der Waals surface area (Å²) in [6.07, 6.45) is 0.730. The molecule has 4 N–H and O–H groups in total. The zero-order chi connectivity index (χ0) is 14.6. The second kappa shape index (κ2) is 6.43. The van der Waals surface area contributed by atoms with E-state index in [1.807, 2.05) is 19.1 Å². The van der Waals surface area contributed by atoms with Crippen LogP contribution in [0.4, 0.5) is 0 Å². The fourth-order valence-electron chi connectivity index (χ4n) is 2.64. The maximum Gasteiger partial charge on any atom is 0.161 e. The predicted octanol–water partition coefficient (Wildman–Crippen LogP) is 0.913. The van der Waals surface area contributed by atoms with Gasteiger partial charge in [0.1, 0.15) is 0 Å². The lowest BCUT2D eigenvalue weighted by Gasteiger charge is -2.41. The fraction of sp³-hybridized carbons (Fsp3) is 0.600. The Balaban J connectivity index is 2.09. The van der Waals surface area contributed by atoms with Crippen molar-refractivity contribution in [2.24, 2.45) is 5.73 Å². The van der Waals surface area contributed by atoms with Crippen LogP contribution in [0.15, 0.2) is 18.2 Å². The highest BCUT2D eigenvalue weighted by atomic mass is 16.5. The van der Waals surface area contributed by atoms with Gasteiger partial charge in [0.05, 0.1) is 12.3 Å². The standard InChI is InChI=1S/C15H25N3O2/c1-3-20-14-10-12(4-5-13(14)19)11-15(2,16)18-8-6-17-7-9-18/h4-5,10,17,19H,3,6-9,11,16H2,1-2H3. The summed E-state index contributed by atoms with van der Waals surface area (Å²) in [6.45, 7) is 8.38. The molecule has 0 saturated carbocycles. The van der Waals surface area contributed by atoms with Crippen molar-refractivity contribution in [3.8, 4) is 11.5 Å². The van der Waals surface area contributed by atoms with Gasteiger partial charge in [0, 0.05) is 32.6 Å². The maximum absolute atomic E-state index is 9.74. The van der Waals surface area contributed by atoms with Crippen LogP contribution in [-0.2, 0) is 6.42 Å². The van der Waals surface area contributed by atoms with Crippen molar-refractivity contribution in [1.29, 1.82) is 0 Å². The average molecular weight is 279 g/mol. The van der Waals surface area contributed by atoms with Gasteiger partial charge in [0.25, 0.3) is 0 Å². The van der Waals surface area contributed by atoms with Gasteiger partial charge < -0.3 is 20.9 Å². The van der Waals surface area contributed by atoms with Gasteiger partial charge in [-0.3, -0.25) is 4.90 Å². The summed E-state index contributed by atoms with van der Waals surface area (Å²) in [7, 11) is 0. The fourth-order valence-corrected chi connectivity index (χ4v) is 2.64. The molecule has 0 bridgehead atoms. The third kappa shape index (κ3) is 3.62. The molecule has 5 heteroatoms. The number of benzene rings is 1. The minimum absolute atomic E-state index is 0.177. The molecule has 1 fully saturated rings. The van der Waals surface area contributed by atoms with Crippen LogP contribution in [0, 0.1) is 0 Å². The first-order valence-electron chi connectivity index (χ1n) is 7.22. The number of aromatic hydroxyl groups is 1. The average Bonchev–Trinajstić information content (AvgIpc) is 2.43. The van der Waals surface area contributed by atoms with Crippen molar-refractivity contribution in [3.63, 3.8) is 0 Å². The summed E-state index contributed by atoms with van der Waals surface area (Å²) in [5.74, 6) is 0.706. The second-order valence-electron chi connectivity index (χ2n) is 5.51. The first-order chi connectivity index (χ1) is 9.53. The molecule has 1 saturated heterocycles. The van der Waals surface area contributed by atoms with E-state index in [9.17, 15) is 5.11 Å². The van der Waals surface area contributed by atoms with Crippen LogP contribution in [0.5, 0.6) is 11.5 Å². The summed E-state index contributed by atoms with van der Waals surface area (Å²) in [5, 5.41) is 13.1. The zero-order valence-electron chi connectivity index (χ0n) is 12.4. The molecule has 1 aliphatic rings. The van der Waals surface area contributed by atoms with Crippen molar-refractivity contribution >= 4 is 0 Å². The normalized spacial score (nSPS) is 19.6. The highest BCUT2D eigenvalue weighted by Crippen LogP contribution is 2.28. The third-order valence-electron chi connectivity index (χ3n) is 3.73. The molecule has 1 unspecified atom stereocenters. The van der Waals surface area contributed by atoms with E-state index in [0.717, 1.165) is 38.2 Å². The Hall–Kier alpha value is -1.30. The Labute approximate surface area is 120 Å². The molecule has 1 aliphatic heterocycles. The van der Waals surface area contributed by atoms with Crippen molar-refractivity contribution in [1.82, 2.24) is 10.2 Å². The number of nitrogens with zero attached hydrogens (tertiary/aromatic N) is 1. The predicted molar refractivity (Wildman–Crippen MR) is 80.0 cm³/mol. The Bertz CT molecular complexity index is 443. The summed E-state index contributed by atoms with van der Waals surface area (Å²) in [4.78, 5) is 2.30. The van der Waals surface area contributed by atoms with Crippen LogP contribution < -0.4 is 15.8 Å². The van der Waals surface area contributed by atoms with Gasteiger partial charge >= 0.3 is 0 Å². The Morgan fingerprint density at radius 2 is 2.10 bits per heavy atom. The van der Waals surface area contributed by atoms with Crippen molar-refractivity contribution in [3.05, 3.63) is 23.8 Å². The number of phenols is 1. The lowest BCUT2D eigenvalue weighted by Crippen LogP contribution is -2.60. The SMILES string of the molecule is CCOc1cc(CC(C)(N)N2CCNCC2)ccc1O. The minimum atomic E-state index is -0.386. The number of phenolic OH excluding ortho intramolecular Hbond substituents is 1. The molecule has 0 aliphatic carbocycles. The molecule has 2 rings (SSSR count). The van der Waals surface area contributed by atoms with Gasteiger partial charge in [-0.25, -0.2) is 0 Å². The van der Waals surface area contributed by atoms with Crippen LogP contribution in [0.2, 0.25) is 0 Å². The van der Waals surface area contributed by atoms with E-state index >= 15 is 0 Å². The number of hydrogen-bond donors (Lipinski definition) is 3. The Morgan fingerprint density at radius 1 is 1.40 bits per heavy atom. The van der Waals surface area contributed by atoms with E-state index in [1.165, 1.54) is 0 Å². The van der Waals surface area contributed by atoms with Crippen LogP contribution >= 0.6 is 0 Å². The molecule has 20 heavy (non-hydrogen) atoms. The number of rotatable bonds is 5. The first-order valence-corrected chi connectivity index (χ1v) is 7.22. The summed E-state index contributed by atoms with van der Waals surface area (Å²) in [5.41, 5.74) is 7.17. The van der Waals surface area contributed by atoms with Gasteiger partial charge in [-0.15, -0.1) is 0 Å². The van der Waals surface area contributed by atoms with Crippen molar-refractivity contribution < 1.29 is 9.84 Å². The number of piperazine rings is 1. The molecule has 1 aromatic carbocycles. The van der Waals surface area contributed by atoms with Crippen LogP contribution in [0.25, 0.3) is 0 Å². The largest absolute Gasteiger partial charge is 0.504 e. The number of nitrogens with one attached hydrogen (secondary N) is 1. The third-order valence-corrected chi connectivity index (χ3v) is 3.73. The molecule has 0 radical (unpaired) electrons. The number of nitrogens with two attached hydrogens (primary N) is 1. The van der Waals surface area contributed by atoms with E-state index in [0.29, 0.717) is 12.4 Å². The van der Waals surface area contributed by atoms with Gasteiger partial charge in [0.15, 0.2) is 11.5 Å². The van der Waals surface area contributed by atoms with E-state index in [1.54, 1.807) is 6.07 Å². The zero-order valence-corrected chi connectivity index (χ0v) is 12.4. The van der Waals surface area contributed by atoms with Gasteiger partial charge in [-0.2, -0.15) is 0 Å². The van der Waals surface area contributed by atoms with Crippen LogP contribution in [0.1, 0.15) is 19.4 Å². The Morgan fingerprint density at radius 3 is 2.75 bits per heavy atom. The lowest BCUT2D eigenvalue weighted by atomic mass is 9.99. The van der Waals surface area contributed by atoms with Crippen molar-refractivity contribution in [2.45, 2.75) is 25.9 Å². The first kappa shape index (κ1) is 15.1. The van der Waals surface area contributed by atoms with Gasteiger partial charge in [-0.05, 0) is 31.5 Å². The van der Waals surface area contributed by atoms with Gasteiger partial charge in [0.2, 0.25) is 0 Å². The molecule has 0 amide bonds. The van der Waals surface area contributed by atoms with Gasteiger partial charge in [-0.1, -0.05) is 6.07 Å². The molecular formula is C15H25N3O2. The Kier molecular flexibility index (Phi) is 4.86. The summed E-state index contributed by atoms with van der Waals surface area (Å²) < 4.78 is 5.42. The number of hydrogen-bond acceptors (Lipinski definition) is 5. The van der Waals surface area contributed by atoms with E-state index in [2.05, 4.69) is 17.1 Å². The monoisotopic (exact) mass is 279 g/mol. The molecular weight excluding hydrogens is 254 g/mol. The van der Waals surface area contributed by atoms with E-state index < -0.39 is 0 Å². The van der Waals surface area contributed by atoms with Crippen LogP contribution in [0.3, 0.4) is 0 Å². The maximum atomic E-state index is 9.74.